The van der Waals surface area contributed by atoms with Gasteiger partial charge in [0.15, 0.2) is 0 Å². The minimum absolute atomic E-state index is 0.241. The lowest BCUT2D eigenvalue weighted by Gasteiger charge is -2.04. The van der Waals surface area contributed by atoms with E-state index in [0.717, 1.165) is 36.4 Å². The number of benzene rings is 2. The van der Waals surface area contributed by atoms with E-state index in [1.807, 2.05) is 0 Å². The third-order valence-electron chi connectivity index (χ3n) is 3.48. The Morgan fingerprint density at radius 1 is 1.14 bits per heavy atom. The summed E-state index contributed by atoms with van der Waals surface area (Å²) in [6, 6.07) is 13.1. The lowest BCUT2D eigenvalue weighted by molar-refractivity contribution is 0.629. The zero-order valence-corrected chi connectivity index (χ0v) is 12.0. The molecule has 3 aromatic rings. The summed E-state index contributed by atoms with van der Waals surface area (Å²) >= 11 is 0. The van der Waals surface area contributed by atoms with Crippen LogP contribution in [0.4, 0.5) is 4.39 Å². The number of nitrogens with one attached hydrogen (secondary N) is 2. The van der Waals surface area contributed by atoms with Crippen molar-refractivity contribution < 1.29 is 4.39 Å². The van der Waals surface area contributed by atoms with Crippen molar-refractivity contribution in [1.29, 1.82) is 0 Å². The number of fused-ring (bicyclic) bond motifs is 1. The molecule has 0 aliphatic heterocycles. The largest absolute Gasteiger partial charge is 0.342 e. The summed E-state index contributed by atoms with van der Waals surface area (Å²) in [6.45, 7) is 3.76. The molecule has 0 amide bonds. The molecule has 1 aromatic heterocycles. The van der Waals surface area contributed by atoms with E-state index in [0.29, 0.717) is 0 Å². The van der Waals surface area contributed by atoms with Crippen LogP contribution < -0.4 is 5.32 Å². The Kier molecular flexibility index (Phi) is 3.97. The molecule has 0 spiro atoms. The first-order valence-electron chi connectivity index (χ1n) is 7.11. The molecule has 0 aliphatic carbocycles. The number of imidazole rings is 1. The number of aromatic amines is 1. The van der Waals surface area contributed by atoms with Gasteiger partial charge in [0.05, 0.1) is 11.0 Å². The van der Waals surface area contributed by atoms with Gasteiger partial charge in [-0.1, -0.05) is 29.8 Å². The molecule has 0 saturated heterocycles. The van der Waals surface area contributed by atoms with Gasteiger partial charge < -0.3 is 10.3 Å². The second-order valence-electron chi connectivity index (χ2n) is 5.26. The summed E-state index contributed by atoms with van der Waals surface area (Å²) in [5.74, 6) is 0.641. The molecular weight excluding hydrogens is 265 g/mol. The molecule has 0 bridgehead atoms. The molecule has 3 nitrogen and oxygen atoms in total. The molecule has 0 atom stereocenters. The number of rotatable bonds is 5. The molecule has 0 saturated carbocycles. The molecule has 0 radical (unpaired) electrons. The number of hydrogen-bond acceptors (Lipinski definition) is 2. The van der Waals surface area contributed by atoms with Crippen LogP contribution in [0.15, 0.2) is 42.5 Å². The van der Waals surface area contributed by atoms with E-state index < -0.39 is 0 Å². The van der Waals surface area contributed by atoms with E-state index in [4.69, 9.17) is 0 Å². The van der Waals surface area contributed by atoms with Gasteiger partial charge in [-0.05, 0) is 30.7 Å². The summed E-state index contributed by atoms with van der Waals surface area (Å²) in [6.07, 6.45) is 0.794. The van der Waals surface area contributed by atoms with E-state index in [9.17, 15) is 4.39 Å². The molecule has 2 aromatic carbocycles. The maximum atomic E-state index is 13.1. The van der Waals surface area contributed by atoms with E-state index in [-0.39, 0.29) is 5.82 Å². The molecule has 0 unspecified atom stereocenters. The van der Waals surface area contributed by atoms with Gasteiger partial charge in [-0.25, -0.2) is 9.37 Å². The first-order chi connectivity index (χ1) is 10.2. The quantitative estimate of drug-likeness (QED) is 0.705. The van der Waals surface area contributed by atoms with Crippen molar-refractivity contribution in [2.75, 3.05) is 6.54 Å². The van der Waals surface area contributed by atoms with Crippen LogP contribution in [0.5, 0.6) is 0 Å². The maximum Gasteiger partial charge on any atom is 0.125 e. The summed E-state index contributed by atoms with van der Waals surface area (Å²) in [5.41, 5.74) is 4.11. The van der Waals surface area contributed by atoms with Gasteiger partial charge in [0.2, 0.25) is 0 Å². The molecule has 21 heavy (non-hydrogen) atoms. The molecular formula is C17H18FN3. The van der Waals surface area contributed by atoms with Gasteiger partial charge in [0, 0.05) is 19.5 Å². The Hall–Kier alpha value is -2.20. The molecule has 3 rings (SSSR count). The number of aryl methyl sites for hydroxylation is 1. The Labute approximate surface area is 123 Å². The number of nitrogens with zero attached hydrogens (tertiary/aromatic N) is 1. The molecule has 108 valence electrons. The van der Waals surface area contributed by atoms with E-state index >= 15 is 0 Å². The molecule has 1 heterocycles. The first-order valence-corrected chi connectivity index (χ1v) is 7.11. The summed E-state index contributed by atoms with van der Waals surface area (Å²) in [5, 5.41) is 3.39. The highest BCUT2D eigenvalue weighted by Gasteiger charge is 2.03. The zero-order chi connectivity index (χ0) is 14.7. The van der Waals surface area contributed by atoms with Gasteiger partial charge in [0.1, 0.15) is 11.6 Å². The lowest BCUT2D eigenvalue weighted by Crippen LogP contribution is -2.17. The predicted molar refractivity (Wildman–Crippen MR) is 82.6 cm³/mol. The Bertz CT molecular complexity index is 731. The number of H-pyrrole nitrogens is 1. The number of halogens is 1. The highest BCUT2D eigenvalue weighted by atomic mass is 19.1. The number of hydrogen-bond donors (Lipinski definition) is 2. The standard InChI is InChI=1S/C17H18FN3/c1-12-2-4-13(5-3-12)11-19-9-8-17-20-15-7-6-14(18)10-16(15)21-17/h2-7,10,19H,8-9,11H2,1H3,(H,20,21). The van der Waals surface area contributed by atoms with Crippen molar-refractivity contribution in [2.24, 2.45) is 0 Å². The fraction of sp³-hybridized carbons (Fsp3) is 0.235. The topological polar surface area (TPSA) is 40.7 Å². The minimum Gasteiger partial charge on any atom is -0.342 e. The van der Waals surface area contributed by atoms with Gasteiger partial charge in [0.25, 0.3) is 0 Å². The Morgan fingerprint density at radius 3 is 2.76 bits per heavy atom. The van der Waals surface area contributed by atoms with Crippen LogP contribution in [0, 0.1) is 12.7 Å². The van der Waals surface area contributed by atoms with E-state index in [1.54, 1.807) is 6.07 Å². The maximum absolute atomic E-state index is 13.1. The van der Waals surface area contributed by atoms with Crippen LogP contribution in [0.25, 0.3) is 11.0 Å². The Balaban J connectivity index is 1.53. The van der Waals surface area contributed by atoms with Crippen molar-refractivity contribution >= 4 is 11.0 Å². The van der Waals surface area contributed by atoms with E-state index in [2.05, 4.69) is 46.5 Å². The van der Waals surface area contributed by atoms with Gasteiger partial charge in [-0.3, -0.25) is 0 Å². The average molecular weight is 283 g/mol. The third-order valence-corrected chi connectivity index (χ3v) is 3.48. The summed E-state index contributed by atoms with van der Waals surface area (Å²) in [7, 11) is 0. The van der Waals surface area contributed by atoms with Crippen molar-refractivity contribution in [1.82, 2.24) is 15.3 Å². The van der Waals surface area contributed by atoms with Crippen LogP contribution in [0.1, 0.15) is 17.0 Å². The van der Waals surface area contributed by atoms with Gasteiger partial charge >= 0.3 is 0 Å². The predicted octanol–water partition coefficient (Wildman–Crippen LogP) is 3.34. The molecule has 0 aliphatic rings. The van der Waals surface area contributed by atoms with Crippen molar-refractivity contribution in [3.63, 3.8) is 0 Å². The first kappa shape index (κ1) is 13.8. The molecule has 0 fully saturated rings. The van der Waals surface area contributed by atoms with Crippen LogP contribution >= 0.6 is 0 Å². The SMILES string of the molecule is Cc1ccc(CNCCc2nc3ccc(F)cc3[nH]2)cc1. The fourth-order valence-electron chi connectivity index (χ4n) is 2.30. The smallest absolute Gasteiger partial charge is 0.125 e. The summed E-state index contributed by atoms with van der Waals surface area (Å²) < 4.78 is 13.1. The van der Waals surface area contributed by atoms with Gasteiger partial charge in [-0.2, -0.15) is 0 Å². The van der Waals surface area contributed by atoms with Crippen LogP contribution in [0.2, 0.25) is 0 Å². The second kappa shape index (κ2) is 6.06. The van der Waals surface area contributed by atoms with E-state index in [1.165, 1.54) is 23.3 Å². The van der Waals surface area contributed by atoms with Gasteiger partial charge in [-0.15, -0.1) is 0 Å². The van der Waals surface area contributed by atoms with Crippen LogP contribution in [-0.2, 0) is 13.0 Å². The highest BCUT2D eigenvalue weighted by Crippen LogP contribution is 2.13. The van der Waals surface area contributed by atoms with Crippen molar-refractivity contribution in [3.05, 3.63) is 65.2 Å². The number of aromatic nitrogens is 2. The fourth-order valence-corrected chi connectivity index (χ4v) is 2.30. The average Bonchev–Trinajstić information content (AvgIpc) is 2.87. The Morgan fingerprint density at radius 2 is 1.95 bits per heavy atom. The zero-order valence-electron chi connectivity index (χ0n) is 12.0. The normalized spacial score (nSPS) is 11.1. The molecule has 4 heteroatoms. The monoisotopic (exact) mass is 283 g/mol. The lowest BCUT2D eigenvalue weighted by atomic mass is 10.1. The second-order valence-corrected chi connectivity index (χ2v) is 5.26. The van der Waals surface area contributed by atoms with Crippen LogP contribution in [-0.4, -0.2) is 16.5 Å². The van der Waals surface area contributed by atoms with Crippen molar-refractivity contribution in [3.8, 4) is 0 Å². The highest BCUT2D eigenvalue weighted by molar-refractivity contribution is 5.74. The van der Waals surface area contributed by atoms with Crippen LogP contribution in [0.3, 0.4) is 0 Å². The molecule has 2 N–H and O–H groups in total. The third kappa shape index (κ3) is 3.47. The van der Waals surface area contributed by atoms with Crippen molar-refractivity contribution in [2.45, 2.75) is 19.9 Å². The minimum atomic E-state index is -0.241. The summed E-state index contributed by atoms with van der Waals surface area (Å²) in [4.78, 5) is 7.60.